The Bertz CT molecular complexity index is 578. The predicted octanol–water partition coefficient (Wildman–Crippen LogP) is 3.03. The molecule has 0 atom stereocenters. The summed E-state index contributed by atoms with van der Waals surface area (Å²) in [6.45, 7) is 3.96. The Morgan fingerprint density at radius 3 is 2.72 bits per heavy atom. The van der Waals surface area contributed by atoms with Gasteiger partial charge >= 0.3 is 5.97 Å². The standard InChI is InChI=1S/C13H14N2O2S/c1-3-8-7-14-6-5-9(8)12-15-10(4-2)11(18-12)13(16)17/h5-7H,3-4H2,1-2H3,(H,16,17). The summed E-state index contributed by atoms with van der Waals surface area (Å²) in [6, 6.07) is 1.89. The Hall–Kier alpha value is -1.75. The summed E-state index contributed by atoms with van der Waals surface area (Å²) in [7, 11) is 0. The van der Waals surface area contributed by atoms with Crippen molar-refractivity contribution >= 4 is 17.3 Å². The Kier molecular flexibility index (Phi) is 3.72. The summed E-state index contributed by atoms with van der Waals surface area (Å²) < 4.78 is 0. The van der Waals surface area contributed by atoms with Crippen molar-refractivity contribution in [3.05, 3.63) is 34.6 Å². The van der Waals surface area contributed by atoms with Gasteiger partial charge in [0.1, 0.15) is 9.88 Å². The molecule has 0 aromatic carbocycles. The van der Waals surface area contributed by atoms with Gasteiger partial charge in [-0.2, -0.15) is 0 Å². The van der Waals surface area contributed by atoms with Crippen LogP contribution in [-0.4, -0.2) is 21.0 Å². The Morgan fingerprint density at radius 1 is 1.39 bits per heavy atom. The van der Waals surface area contributed by atoms with Crippen molar-refractivity contribution in [1.82, 2.24) is 9.97 Å². The molecule has 94 valence electrons. The van der Waals surface area contributed by atoms with E-state index >= 15 is 0 Å². The molecule has 0 bridgehead atoms. The highest BCUT2D eigenvalue weighted by atomic mass is 32.1. The summed E-state index contributed by atoms with van der Waals surface area (Å²) >= 11 is 1.24. The van der Waals surface area contributed by atoms with Crippen LogP contribution in [0.3, 0.4) is 0 Å². The normalized spacial score (nSPS) is 10.6. The van der Waals surface area contributed by atoms with E-state index in [9.17, 15) is 4.79 Å². The molecule has 0 saturated heterocycles. The number of pyridine rings is 1. The fourth-order valence-corrected chi connectivity index (χ4v) is 2.84. The highest BCUT2D eigenvalue weighted by molar-refractivity contribution is 7.17. The molecule has 5 heteroatoms. The van der Waals surface area contributed by atoms with Crippen molar-refractivity contribution in [1.29, 1.82) is 0 Å². The number of aromatic nitrogens is 2. The van der Waals surface area contributed by atoms with Gasteiger partial charge in [-0.05, 0) is 24.5 Å². The second-order valence-corrected chi connectivity index (χ2v) is 4.84. The minimum atomic E-state index is -0.900. The van der Waals surface area contributed by atoms with E-state index < -0.39 is 5.97 Å². The second kappa shape index (κ2) is 5.27. The van der Waals surface area contributed by atoms with E-state index in [-0.39, 0.29) is 0 Å². The SMILES string of the molecule is CCc1cnccc1-c1nc(CC)c(C(=O)O)s1. The van der Waals surface area contributed by atoms with Crippen molar-refractivity contribution in [2.75, 3.05) is 0 Å². The number of hydrogen-bond acceptors (Lipinski definition) is 4. The largest absolute Gasteiger partial charge is 0.477 e. The number of aryl methyl sites for hydroxylation is 2. The number of rotatable bonds is 4. The van der Waals surface area contributed by atoms with Gasteiger partial charge < -0.3 is 5.11 Å². The molecule has 0 aliphatic rings. The first kappa shape index (κ1) is 12.7. The monoisotopic (exact) mass is 262 g/mol. The molecule has 2 aromatic heterocycles. The van der Waals surface area contributed by atoms with Gasteiger partial charge in [-0.1, -0.05) is 13.8 Å². The highest BCUT2D eigenvalue weighted by Gasteiger charge is 2.17. The molecule has 0 spiro atoms. The van der Waals surface area contributed by atoms with Crippen LogP contribution in [0.5, 0.6) is 0 Å². The van der Waals surface area contributed by atoms with Gasteiger partial charge in [0.15, 0.2) is 0 Å². The second-order valence-electron chi connectivity index (χ2n) is 3.84. The van der Waals surface area contributed by atoms with Crippen LogP contribution in [0.25, 0.3) is 10.6 Å². The number of carbonyl (C=O) groups is 1. The van der Waals surface area contributed by atoms with E-state index in [1.54, 1.807) is 6.20 Å². The van der Waals surface area contributed by atoms with Crippen molar-refractivity contribution in [2.45, 2.75) is 26.7 Å². The number of carboxylic acid groups (broad SMARTS) is 1. The van der Waals surface area contributed by atoms with Gasteiger partial charge in [0, 0.05) is 18.0 Å². The summed E-state index contributed by atoms with van der Waals surface area (Å²) in [5.41, 5.74) is 2.73. The molecule has 0 fully saturated rings. The van der Waals surface area contributed by atoms with Crippen LogP contribution in [0.4, 0.5) is 0 Å². The van der Waals surface area contributed by atoms with Crippen molar-refractivity contribution in [2.24, 2.45) is 0 Å². The smallest absolute Gasteiger partial charge is 0.347 e. The maximum absolute atomic E-state index is 11.1. The van der Waals surface area contributed by atoms with Gasteiger partial charge in [0.2, 0.25) is 0 Å². The number of hydrogen-bond donors (Lipinski definition) is 1. The van der Waals surface area contributed by atoms with Gasteiger partial charge in [0.05, 0.1) is 5.69 Å². The molecule has 4 nitrogen and oxygen atoms in total. The third-order valence-corrected chi connectivity index (χ3v) is 3.86. The average molecular weight is 262 g/mol. The van der Waals surface area contributed by atoms with E-state index in [4.69, 9.17) is 5.11 Å². The van der Waals surface area contributed by atoms with Crippen LogP contribution in [-0.2, 0) is 12.8 Å². The molecule has 2 rings (SSSR count). The molecular formula is C13H14N2O2S. The van der Waals surface area contributed by atoms with Gasteiger partial charge in [0.25, 0.3) is 0 Å². The quantitative estimate of drug-likeness (QED) is 0.920. The van der Waals surface area contributed by atoms with E-state index in [2.05, 4.69) is 9.97 Å². The summed E-state index contributed by atoms with van der Waals surface area (Å²) in [5.74, 6) is -0.900. The molecule has 0 aliphatic carbocycles. The lowest BCUT2D eigenvalue weighted by molar-refractivity contribution is 0.0701. The van der Waals surface area contributed by atoms with Gasteiger partial charge in [-0.3, -0.25) is 4.98 Å². The molecule has 0 amide bonds. The minimum Gasteiger partial charge on any atom is -0.477 e. The maximum atomic E-state index is 11.1. The Labute approximate surface area is 109 Å². The van der Waals surface area contributed by atoms with Crippen LogP contribution in [0, 0.1) is 0 Å². The number of thiazole rings is 1. The van der Waals surface area contributed by atoms with E-state index in [1.807, 2.05) is 26.1 Å². The molecular weight excluding hydrogens is 248 g/mol. The van der Waals surface area contributed by atoms with E-state index in [1.165, 1.54) is 11.3 Å². The van der Waals surface area contributed by atoms with Crippen LogP contribution in [0.15, 0.2) is 18.5 Å². The Morgan fingerprint density at radius 2 is 2.17 bits per heavy atom. The first-order chi connectivity index (χ1) is 8.67. The third kappa shape index (κ3) is 2.26. The van der Waals surface area contributed by atoms with Crippen LogP contribution in [0.1, 0.15) is 34.8 Å². The molecule has 2 heterocycles. The van der Waals surface area contributed by atoms with Crippen LogP contribution < -0.4 is 0 Å². The van der Waals surface area contributed by atoms with Crippen molar-refractivity contribution in [3.8, 4) is 10.6 Å². The van der Waals surface area contributed by atoms with Gasteiger partial charge in [-0.25, -0.2) is 9.78 Å². The molecule has 2 aromatic rings. The lowest BCUT2D eigenvalue weighted by Crippen LogP contribution is -1.97. The molecule has 0 saturated carbocycles. The lowest BCUT2D eigenvalue weighted by Gasteiger charge is -2.02. The molecule has 18 heavy (non-hydrogen) atoms. The lowest BCUT2D eigenvalue weighted by atomic mass is 10.1. The van der Waals surface area contributed by atoms with Crippen molar-refractivity contribution in [3.63, 3.8) is 0 Å². The van der Waals surface area contributed by atoms with Crippen LogP contribution >= 0.6 is 11.3 Å². The molecule has 0 radical (unpaired) electrons. The summed E-state index contributed by atoms with van der Waals surface area (Å²) in [4.78, 5) is 20.0. The van der Waals surface area contributed by atoms with E-state index in [0.29, 0.717) is 17.0 Å². The fraction of sp³-hybridized carbons (Fsp3) is 0.308. The summed E-state index contributed by atoms with van der Waals surface area (Å²) in [5, 5.41) is 9.91. The molecule has 0 aliphatic heterocycles. The first-order valence-electron chi connectivity index (χ1n) is 5.83. The average Bonchev–Trinajstić information content (AvgIpc) is 2.82. The zero-order valence-corrected chi connectivity index (χ0v) is 11.1. The summed E-state index contributed by atoms with van der Waals surface area (Å²) in [6.07, 6.45) is 5.00. The van der Waals surface area contributed by atoms with Crippen molar-refractivity contribution < 1.29 is 9.90 Å². The van der Waals surface area contributed by atoms with Gasteiger partial charge in [-0.15, -0.1) is 11.3 Å². The first-order valence-corrected chi connectivity index (χ1v) is 6.65. The van der Waals surface area contributed by atoms with Crippen LogP contribution in [0.2, 0.25) is 0 Å². The Balaban J connectivity index is 2.54. The third-order valence-electron chi connectivity index (χ3n) is 2.74. The number of carboxylic acids is 1. The maximum Gasteiger partial charge on any atom is 0.347 e. The zero-order chi connectivity index (χ0) is 13.1. The number of nitrogens with zero attached hydrogens (tertiary/aromatic N) is 2. The minimum absolute atomic E-state index is 0.339. The predicted molar refractivity (Wildman–Crippen MR) is 71.1 cm³/mol. The highest BCUT2D eigenvalue weighted by Crippen LogP contribution is 2.30. The topological polar surface area (TPSA) is 63.1 Å². The zero-order valence-electron chi connectivity index (χ0n) is 10.3. The molecule has 1 N–H and O–H groups in total. The van der Waals surface area contributed by atoms with E-state index in [0.717, 1.165) is 22.6 Å². The number of aromatic carboxylic acids is 1. The fourth-order valence-electron chi connectivity index (χ4n) is 1.79. The molecule has 0 unspecified atom stereocenters.